The first-order valence-corrected chi connectivity index (χ1v) is 10.5. The molecule has 2 aliphatic rings. The lowest BCUT2D eigenvalue weighted by Crippen LogP contribution is -2.53. The Bertz CT molecular complexity index is 1150. The number of fused-ring (bicyclic) bond motifs is 2. The van der Waals surface area contributed by atoms with Gasteiger partial charge in [-0.25, -0.2) is 9.97 Å². The van der Waals surface area contributed by atoms with Gasteiger partial charge < -0.3 is 29.6 Å². The second-order valence-corrected chi connectivity index (χ2v) is 8.34. The van der Waals surface area contributed by atoms with Crippen LogP contribution < -0.4 is 10.1 Å². The topological polar surface area (TPSA) is 102 Å². The van der Waals surface area contributed by atoms with Gasteiger partial charge in [0.2, 0.25) is 0 Å². The normalized spacial score (nSPS) is 27.7. The number of aromatic nitrogens is 3. The van der Waals surface area contributed by atoms with Crippen molar-refractivity contribution in [2.45, 2.75) is 37.0 Å². The maximum Gasteiger partial charge on any atom is 0.431 e. The molecule has 3 N–H and O–H groups in total. The summed E-state index contributed by atoms with van der Waals surface area (Å²) in [6.07, 6.45) is -3.31. The molecule has 176 valence electrons. The van der Waals surface area contributed by atoms with E-state index in [0.717, 1.165) is 11.6 Å². The van der Waals surface area contributed by atoms with Crippen molar-refractivity contribution >= 4 is 16.9 Å². The first-order valence-electron chi connectivity index (χ1n) is 10.5. The quantitative estimate of drug-likeness (QED) is 0.542. The van der Waals surface area contributed by atoms with Crippen LogP contribution in [0.15, 0.2) is 36.7 Å². The lowest BCUT2D eigenvalue weighted by atomic mass is 9.73. The third kappa shape index (κ3) is 4.00. The molecule has 1 aromatic carbocycles. The molecular weight excluding hydrogens is 441 g/mol. The van der Waals surface area contributed by atoms with Gasteiger partial charge in [-0.05, 0) is 12.1 Å². The van der Waals surface area contributed by atoms with Gasteiger partial charge in [0.25, 0.3) is 0 Å². The van der Waals surface area contributed by atoms with Gasteiger partial charge in [0.05, 0.1) is 30.2 Å². The molecule has 8 nitrogen and oxygen atoms in total. The van der Waals surface area contributed by atoms with E-state index >= 15 is 0 Å². The van der Waals surface area contributed by atoms with Gasteiger partial charge in [0, 0.05) is 31.4 Å². The SMILES string of the molecule is COC1CC(O)(C2COc3ccccc3C2Nc2ncnc3[nH]c(C(F)(F)F)cc23)CCO1. The fourth-order valence-corrected chi connectivity index (χ4v) is 4.66. The number of aliphatic hydroxyl groups is 1. The third-order valence-corrected chi connectivity index (χ3v) is 6.41. The van der Waals surface area contributed by atoms with Crippen LogP contribution in [0.25, 0.3) is 11.0 Å². The summed E-state index contributed by atoms with van der Waals surface area (Å²) in [5.74, 6) is 0.429. The van der Waals surface area contributed by atoms with Crippen molar-refractivity contribution in [3.63, 3.8) is 0 Å². The number of ether oxygens (including phenoxy) is 3. The summed E-state index contributed by atoms with van der Waals surface area (Å²) in [6, 6.07) is 7.87. The zero-order chi connectivity index (χ0) is 23.2. The maximum absolute atomic E-state index is 13.3. The van der Waals surface area contributed by atoms with Crippen molar-refractivity contribution in [1.29, 1.82) is 0 Å². The van der Waals surface area contributed by atoms with E-state index in [9.17, 15) is 18.3 Å². The second-order valence-electron chi connectivity index (χ2n) is 8.34. The number of benzene rings is 1. The summed E-state index contributed by atoms with van der Waals surface area (Å²) in [4.78, 5) is 10.5. The summed E-state index contributed by atoms with van der Waals surface area (Å²) in [6.45, 7) is 0.515. The average Bonchev–Trinajstić information content (AvgIpc) is 3.25. The molecule has 0 radical (unpaired) electrons. The highest BCUT2D eigenvalue weighted by molar-refractivity contribution is 5.88. The fourth-order valence-electron chi connectivity index (χ4n) is 4.66. The van der Waals surface area contributed by atoms with Gasteiger partial charge in [-0.1, -0.05) is 18.2 Å². The molecule has 1 saturated heterocycles. The highest BCUT2D eigenvalue weighted by Crippen LogP contribution is 2.46. The number of H-pyrrole nitrogens is 1. The third-order valence-electron chi connectivity index (χ3n) is 6.41. The smallest absolute Gasteiger partial charge is 0.431 e. The number of nitrogens with zero attached hydrogens (tertiary/aromatic N) is 2. The molecule has 2 aromatic heterocycles. The number of hydrogen-bond donors (Lipinski definition) is 3. The number of anilines is 1. The number of para-hydroxylation sites is 1. The number of aromatic amines is 1. The summed E-state index contributed by atoms with van der Waals surface area (Å²) in [5.41, 5.74) is -1.25. The van der Waals surface area contributed by atoms with E-state index < -0.39 is 35.7 Å². The minimum absolute atomic E-state index is 0.0703. The van der Waals surface area contributed by atoms with Crippen molar-refractivity contribution in [2.75, 3.05) is 25.6 Å². The molecule has 2 aliphatic heterocycles. The lowest BCUT2D eigenvalue weighted by molar-refractivity contribution is -0.217. The number of methoxy groups -OCH3 is 1. The summed E-state index contributed by atoms with van der Waals surface area (Å²) in [7, 11) is 1.51. The van der Waals surface area contributed by atoms with Gasteiger partial charge in [-0.15, -0.1) is 0 Å². The Morgan fingerprint density at radius 2 is 2.09 bits per heavy atom. The first kappa shape index (κ1) is 21.9. The highest BCUT2D eigenvalue weighted by atomic mass is 19.4. The average molecular weight is 464 g/mol. The van der Waals surface area contributed by atoms with Crippen LogP contribution in [-0.4, -0.2) is 52.3 Å². The van der Waals surface area contributed by atoms with Crippen LogP contribution in [0.3, 0.4) is 0 Å². The zero-order valence-corrected chi connectivity index (χ0v) is 17.7. The number of alkyl halides is 3. The summed E-state index contributed by atoms with van der Waals surface area (Å²) in [5, 5.41) is 15.1. The Labute approximate surface area is 187 Å². The van der Waals surface area contributed by atoms with Crippen molar-refractivity contribution in [2.24, 2.45) is 5.92 Å². The molecule has 0 amide bonds. The Balaban J connectivity index is 1.56. The molecule has 4 unspecified atom stereocenters. The van der Waals surface area contributed by atoms with Crippen molar-refractivity contribution in [3.8, 4) is 5.75 Å². The van der Waals surface area contributed by atoms with Gasteiger partial charge in [-0.3, -0.25) is 0 Å². The Hall–Kier alpha value is -2.89. The number of halogens is 3. The van der Waals surface area contributed by atoms with E-state index in [1.54, 1.807) is 0 Å². The van der Waals surface area contributed by atoms with E-state index in [4.69, 9.17) is 14.2 Å². The molecule has 0 aliphatic carbocycles. The Kier molecular flexibility index (Phi) is 5.42. The van der Waals surface area contributed by atoms with E-state index in [-0.39, 0.29) is 29.9 Å². The van der Waals surface area contributed by atoms with Crippen LogP contribution in [0.5, 0.6) is 5.75 Å². The van der Waals surface area contributed by atoms with Gasteiger partial charge >= 0.3 is 6.18 Å². The van der Waals surface area contributed by atoms with Crippen LogP contribution >= 0.6 is 0 Å². The van der Waals surface area contributed by atoms with Gasteiger partial charge in [0.1, 0.15) is 29.2 Å². The molecule has 4 heterocycles. The molecule has 0 saturated carbocycles. The second kappa shape index (κ2) is 8.15. The number of nitrogens with one attached hydrogen (secondary N) is 2. The van der Waals surface area contributed by atoms with E-state index in [2.05, 4.69) is 20.3 Å². The van der Waals surface area contributed by atoms with E-state index in [0.29, 0.717) is 18.8 Å². The Morgan fingerprint density at radius 3 is 2.88 bits per heavy atom. The predicted molar refractivity (Wildman–Crippen MR) is 112 cm³/mol. The lowest BCUT2D eigenvalue weighted by Gasteiger charge is -2.46. The van der Waals surface area contributed by atoms with Crippen LogP contribution in [0.1, 0.15) is 30.1 Å². The van der Waals surface area contributed by atoms with Crippen molar-refractivity contribution in [3.05, 3.63) is 47.9 Å². The molecule has 1 fully saturated rings. The molecule has 5 rings (SSSR count). The van der Waals surface area contributed by atoms with Crippen molar-refractivity contribution in [1.82, 2.24) is 15.0 Å². The molecule has 3 aromatic rings. The highest BCUT2D eigenvalue weighted by Gasteiger charge is 2.48. The molecular formula is C22H23F3N4O4. The fraction of sp³-hybridized carbons (Fsp3) is 0.455. The Morgan fingerprint density at radius 1 is 1.27 bits per heavy atom. The molecule has 33 heavy (non-hydrogen) atoms. The molecule has 4 atom stereocenters. The predicted octanol–water partition coefficient (Wildman–Crippen LogP) is 3.65. The standard InChI is InChI=1S/C22H23F3N4O4/c1-31-17-9-21(30,6-7-32-17)14-10-33-15-5-3-2-4-12(15)18(14)29-20-13-8-16(22(23,24)25)28-19(13)26-11-27-20/h2-5,8,11,14,17-18,30H,6-7,9-10H2,1H3,(H2,26,27,28,29). The van der Waals surface area contributed by atoms with Crippen LogP contribution in [0.4, 0.5) is 19.0 Å². The summed E-state index contributed by atoms with van der Waals surface area (Å²) >= 11 is 0. The minimum Gasteiger partial charge on any atom is -0.493 e. The molecule has 0 bridgehead atoms. The molecule has 11 heteroatoms. The van der Waals surface area contributed by atoms with E-state index in [1.165, 1.54) is 13.4 Å². The first-order chi connectivity index (χ1) is 15.8. The van der Waals surface area contributed by atoms with E-state index in [1.807, 2.05) is 24.3 Å². The van der Waals surface area contributed by atoms with Gasteiger partial charge in [0.15, 0.2) is 6.29 Å². The number of hydrogen-bond acceptors (Lipinski definition) is 7. The van der Waals surface area contributed by atoms with Crippen LogP contribution in [0.2, 0.25) is 0 Å². The number of rotatable bonds is 4. The van der Waals surface area contributed by atoms with Crippen molar-refractivity contribution < 1.29 is 32.5 Å². The monoisotopic (exact) mass is 464 g/mol. The minimum atomic E-state index is -4.54. The van der Waals surface area contributed by atoms with Crippen LogP contribution in [-0.2, 0) is 15.7 Å². The van der Waals surface area contributed by atoms with Gasteiger partial charge in [-0.2, -0.15) is 13.2 Å². The largest absolute Gasteiger partial charge is 0.493 e. The summed E-state index contributed by atoms with van der Waals surface area (Å²) < 4.78 is 56.6. The molecule has 0 spiro atoms. The maximum atomic E-state index is 13.3. The zero-order valence-electron chi connectivity index (χ0n) is 17.7. The van der Waals surface area contributed by atoms with Crippen LogP contribution in [0, 0.1) is 5.92 Å².